The molecule has 3 rings (SSSR count). The van der Waals surface area contributed by atoms with Gasteiger partial charge in [0.05, 0.1) is 27.9 Å². The van der Waals surface area contributed by atoms with Crippen LogP contribution in [0.3, 0.4) is 0 Å². The predicted octanol–water partition coefficient (Wildman–Crippen LogP) is 7.78. The van der Waals surface area contributed by atoms with Crippen molar-refractivity contribution >= 4 is 29.0 Å². The first-order chi connectivity index (χ1) is 17.4. The summed E-state index contributed by atoms with van der Waals surface area (Å²) in [5.74, 6) is -3.03. The van der Waals surface area contributed by atoms with Crippen LogP contribution in [0.5, 0.6) is 0 Å². The molecule has 3 N–H and O–H groups in total. The Morgan fingerprint density at radius 2 is 1.18 bits per heavy atom. The molecule has 0 aliphatic carbocycles. The third kappa shape index (κ3) is 6.92. The summed E-state index contributed by atoms with van der Waals surface area (Å²) in [5, 5.41) is 5.69. The van der Waals surface area contributed by atoms with Crippen LogP contribution in [-0.4, -0.2) is 11.9 Å². The number of anilines is 3. The number of hydrogen-bond donors (Lipinski definition) is 3. The standard InChI is InChI=1S/C23H13F10N3O2/c24-17-6-4-12(22(28,29)30)9-15(17)19(37)36-18-7-5-14(10-16(18)23(31,32)33)35-20(38)34-13-3-1-2-11(8-13)21(25,26)27/h1-10H,(H,36,37)(H2,34,35,38). The van der Waals surface area contributed by atoms with Gasteiger partial charge in [-0.05, 0) is 54.6 Å². The van der Waals surface area contributed by atoms with Crippen LogP contribution in [-0.2, 0) is 18.5 Å². The first-order valence-electron chi connectivity index (χ1n) is 10.1. The number of rotatable bonds is 4. The quantitative estimate of drug-likeness (QED) is 0.289. The number of hydrogen-bond acceptors (Lipinski definition) is 2. The molecular weight excluding hydrogens is 540 g/mol. The van der Waals surface area contributed by atoms with E-state index < -0.39 is 69.9 Å². The molecule has 0 bridgehead atoms. The van der Waals surface area contributed by atoms with Crippen molar-refractivity contribution in [1.82, 2.24) is 0 Å². The van der Waals surface area contributed by atoms with E-state index in [2.05, 4.69) is 0 Å². The van der Waals surface area contributed by atoms with Gasteiger partial charge in [-0.25, -0.2) is 9.18 Å². The van der Waals surface area contributed by atoms with Gasteiger partial charge >= 0.3 is 24.6 Å². The molecule has 0 aliphatic rings. The Kier molecular flexibility index (Phi) is 7.61. The normalized spacial score (nSPS) is 12.2. The van der Waals surface area contributed by atoms with E-state index >= 15 is 0 Å². The highest BCUT2D eigenvalue weighted by molar-refractivity contribution is 6.05. The van der Waals surface area contributed by atoms with Crippen molar-refractivity contribution < 1.29 is 53.5 Å². The molecule has 0 atom stereocenters. The van der Waals surface area contributed by atoms with Gasteiger partial charge in [-0.15, -0.1) is 0 Å². The molecule has 5 nitrogen and oxygen atoms in total. The highest BCUT2D eigenvalue weighted by Crippen LogP contribution is 2.37. The Hall–Kier alpha value is -4.30. The number of halogens is 10. The third-order valence-electron chi connectivity index (χ3n) is 4.82. The molecule has 0 saturated heterocycles. The summed E-state index contributed by atoms with van der Waals surface area (Å²) >= 11 is 0. The lowest BCUT2D eigenvalue weighted by Crippen LogP contribution is -2.21. The van der Waals surface area contributed by atoms with E-state index in [-0.39, 0.29) is 11.8 Å². The van der Waals surface area contributed by atoms with Gasteiger partial charge in [0.25, 0.3) is 5.91 Å². The topological polar surface area (TPSA) is 70.2 Å². The highest BCUT2D eigenvalue weighted by atomic mass is 19.4. The number of amides is 3. The second kappa shape index (κ2) is 10.2. The number of nitrogens with one attached hydrogen (secondary N) is 3. The van der Waals surface area contributed by atoms with Crippen LogP contribution >= 0.6 is 0 Å². The minimum Gasteiger partial charge on any atom is -0.321 e. The summed E-state index contributed by atoms with van der Waals surface area (Å²) < 4.78 is 132. The second-order valence-corrected chi connectivity index (χ2v) is 7.56. The van der Waals surface area contributed by atoms with Crippen molar-refractivity contribution in [3.8, 4) is 0 Å². The van der Waals surface area contributed by atoms with Gasteiger partial charge in [0.15, 0.2) is 0 Å². The van der Waals surface area contributed by atoms with Crippen LogP contribution in [0.1, 0.15) is 27.0 Å². The van der Waals surface area contributed by atoms with Crippen LogP contribution in [0.2, 0.25) is 0 Å². The van der Waals surface area contributed by atoms with E-state index in [9.17, 15) is 53.5 Å². The number of carbonyl (C=O) groups excluding carboxylic acids is 2. The maximum absolute atomic E-state index is 14.0. The first kappa shape index (κ1) is 28.3. The van der Waals surface area contributed by atoms with Crippen LogP contribution in [0.25, 0.3) is 0 Å². The summed E-state index contributed by atoms with van der Waals surface area (Å²) in [4.78, 5) is 24.4. The summed E-state index contributed by atoms with van der Waals surface area (Å²) in [6, 6.07) is 4.87. The van der Waals surface area contributed by atoms with E-state index in [0.717, 1.165) is 24.3 Å². The maximum Gasteiger partial charge on any atom is 0.418 e. The van der Waals surface area contributed by atoms with E-state index in [4.69, 9.17) is 0 Å². The fourth-order valence-electron chi connectivity index (χ4n) is 3.10. The number of carbonyl (C=O) groups is 2. The van der Waals surface area contributed by atoms with Gasteiger partial charge in [0.1, 0.15) is 5.82 Å². The number of benzene rings is 3. The monoisotopic (exact) mass is 553 g/mol. The van der Waals surface area contributed by atoms with Crippen LogP contribution < -0.4 is 16.0 Å². The molecule has 0 heterocycles. The van der Waals surface area contributed by atoms with Crippen molar-refractivity contribution in [2.75, 3.05) is 16.0 Å². The Bertz CT molecular complexity index is 1360. The molecule has 0 radical (unpaired) electrons. The average Bonchev–Trinajstić information content (AvgIpc) is 2.78. The Morgan fingerprint density at radius 3 is 1.76 bits per heavy atom. The minimum atomic E-state index is -5.16. The van der Waals surface area contributed by atoms with Crippen LogP contribution in [0.15, 0.2) is 60.7 Å². The lowest BCUT2D eigenvalue weighted by molar-refractivity contribution is -0.138. The van der Waals surface area contributed by atoms with E-state index in [0.29, 0.717) is 30.3 Å². The largest absolute Gasteiger partial charge is 0.418 e. The van der Waals surface area contributed by atoms with Crippen molar-refractivity contribution in [3.05, 3.63) is 88.7 Å². The van der Waals surface area contributed by atoms with Gasteiger partial charge in [0, 0.05) is 11.4 Å². The van der Waals surface area contributed by atoms with Crippen LogP contribution in [0.4, 0.5) is 65.8 Å². The SMILES string of the molecule is O=C(Nc1cccc(C(F)(F)F)c1)Nc1ccc(NC(=O)c2cc(C(F)(F)F)ccc2F)c(C(F)(F)F)c1. The van der Waals surface area contributed by atoms with Crippen LogP contribution in [0, 0.1) is 5.82 Å². The third-order valence-corrected chi connectivity index (χ3v) is 4.82. The molecular formula is C23H13F10N3O2. The molecule has 0 aliphatic heterocycles. The van der Waals surface area contributed by atoms with E-state index in [1.54, 1.807) is 5.32 Å². The Labute approximate surface area is 206 Å². The average molecular weight is 553 g/mol. The van der Waals surface area contributed by atoms with E-state index in [1.807, 2.05) is 10.6 Å². The number of urea groups is 1. The highest BCUT2D eigenvalue weighted by Gasteiger charge is 2.36. The van der Waals surface area contributed by atoms with Gasteiger partial charge in [0.2, 0.25) is 0 Å². The van der Waals surface area contributed by atoms with Gasteiger partial charge < -0.3 is 16.0 Å². The summed E-state index contributed by atoms with van der Waals surface area (Å²) in [6.45, 7) is 0. The second-order valence-electron chi connectivity index (χ2n) is 7.56. The molecule has 0 fully saturated rings. The predicted molar refractivity (Wildman–Crippen MR) is 115 cm³/mol. The van der Waals surface area contributed by atoms with Crippen molar-refractivity contribution in [3.63, 3.8) is 0 Å². The molecule has 38 heavy (non-hydrogen) atoms. The zero-order chi connectivity index (χ0) is 28.5. The molecule has 3 aromatic carbocycles. The van der Waals surface area contributed by atoms with Gasteiger partial charge in [-0.3, -0.25) is 4.79 Å². The molecule has 15 heteroatoms. The summed E-state index contributed by atoms with van der Waals surface area (Å²) in [7, 11) is 0. The smallest absolute Gasteiger partial charge is 0.321 e. The first-order valence-corrected chi connectivity index (χ1v) is 10.1. The molecule has 0 aromatic heterocycles. The van der Waals surface area contributed by atoms with Gasteiger partial charge in [-0.2, -0.15) is 39.5 Å². The fraction of sp³-hybridized carbons (Fsp3) is 0.130. The summed E-state index contributed by atoms with van der Waals surface area (Å²) in [5.41, 5.74) is -7.03. The van der Waals surface area contributed by atoms with Crippen molar-refractivity contribution in [2.45, 2.75) is 18.5 Å². The maximum atomic E-state index is 14.0. The zero-order valence-electron chi connectivity index (χ0n) is 18.4. The molecule has 202 valence electrons. The zero-order valence-corrected chi connectivity index (χ0v) is 18.4. The molecule has 3 amide bonds. The Morgan fingerprint density at radius 1 is 0.605 bits per heavy atom. The van der Waals surface area contributed by atoms with Crippen molar-refractivity contribution in [2.24, 2.45) is 0 Å². The number of alkyl halides is 9. The lowest BCUT2D eigenvalue weighted by atomic mass is 10.1. The molecule has 0 saturated carbocycles. The lowest BCUT2D eigenvalue weighted by Gasteiger charge is -2.17. The molecule has 0 unspecified atom stereocenters. The molecule has 3 aromatic rings. The molecule has 0 spiro atoms. The van der Waals surface area contributed by atoms with E-state index in [1.165, 1.54) is 0 Å². The fourth-order valence-corrected chi connectivity index (χ4v) is 3.10. The van der Waals surface area contributed by atoms with Crippen molar-refractivity contribution in [1.29, 1.82) is 0 Å². The van der Waals surface area contributed by atoms with Gasteiger partial charge in [-0.1, -0.05) is 6.07 Å². The minimum absolute atomic E-state index is 0.131. The summed E-state index contributed by atoms with van der Waals surface area (Å²) in [6.07, 6.45) is -14.8. The Balaban J connectivity index is 1.83.